The SMILES string of the molecule is CN(Cc1ccccc1Cl)C(=O)c1cccc(S(=O)(=O)N2CCOCC2)c1. The summed E-state index contributed by atoms with van der Waals surface area (Å²) in [6, 6.07) is 13.4. The number of ether oxygens (including phenoxy) is 1. The molecule has 0 unspecified atom stereocenters. The quantitative estimate of drug-likeness (QED) is 0.762. The number of sulfonamides is 1. The lowest BCUT2D eigenvalue weighted by Gasteiger charge is -2.26. The predicted octanol–water partition coefficient (Wildman–Crippen LogP) is 2.63. The van der Waals surface area contributed by atoms with Crippen LogP contribution in [0.1, 0.15) is 15.9 Å². The molecule has 1 aliphatic heterocycles. The Morgan fingerprint density at radius 2 is 1.85 bits per heavy atom. The third kappa shape index (κ3) is 4.50. The lowest BCUT2D eigenvalue weighted by molar-refractivity contribution is 0.0730. The second kappa shape index (κ2) is 8.39. The van der Waals surface area contributed by atoms with Crippen molar-refractivity contribution in [2.45, 2.75) is 11.4 Å². The monoisotopic (exact) mass is 408 g/mol. The van der Waals surface area contributed by atoms with Gasteiger partial charge >= 0.3 is 0 Å². The van der Waals surface area contributed by atoms with E-state index >= 15 is 0 Å². The van der Waals surface area contributed by atoms with Gasteiger partial charge in [0.1, 0.15) is 0 Å². The molecule has 8 heteroatoms. The molecular weight excluding hydrogens is 388 g/mol. The molecule has 3 rings (SSSR count). The smallest absolute Gasteiger partial charge is 0.253 e. The number of morpholine rings is 1. The van der Waals surface area contributed by atoms with Gasteiger partial charge in [-0.05, 0) is 29.8 Å². The molecule has 1 aliphatic rings. The molecular formula is C19H21ClN2O4S. The van der Waals surface area contributed by atoms with Crippen LogP contribution in [0.2, 0.25) is 5.02 Å². The zero-order chi connectivity index (χ0) is 19.4. The maximum atomic E-state index is 12.8. The Labute approximate surface area is 164 Å². The van der Waals surface area contributed by atoms with Gasteiger partial charge in [-0.25, -0.2) is 8.42 Å². The zero-order valence-corrected chi connectivity index (χ0v) is 16.5. The van der Waals surface area contributed by atoms with Crippen molar-refractivity contribution in [1.82, 2.24) is 9.21 Å². The molecule has 1 heterocycles. The second-order valence-corrected chi connectivity index (χ2v) is 8.64. The number of carbonyl (C=O) groups is 1. The first kappa shape index (κ1) is 19.8. The van der Waals surface area contributed by atoms with E-state index in [0.717, 1.165) is 5.56 Å². The summed E-state index contributed by atoms with van der Waals surface area (Å²) in [4.78, 5) is 14.4. The molecule has 2 aromatic rings. The van der Waals surface area contributed by atoms with E-state index in [9.17, 15) is 13.2 Å². The molecule has 0 bridgehead atoms. The molecule has 6 nitrogen and oxygen atoms in total. The zero-order valence-electron chi connectivity index (χ0n) is 15.0. The topological polar surface area (TPSA) is 66.9 Å². The highest BCUT2D eigenvalue weighted by atomic mass is 35.5. The molecule has 144 valence electrons. The summed E-state index contributed by atoms with van der Waals surface area (Å²) in [7, 11) is -1.99. The summed E-state index contributed by atoms with van der Waals surface area (Å²) in [6.45, 7) is 1.70. The van der Waals surface area contributed by atoms with E-state index < -0.39 is 10.0 Å². The van der Waals surface area contributed by atoms with Crippen molar-refractivity contribution in [3.05, 3.63) is 64.7 Å². The van der Waals surface area contributed by atoms with Crippen molar-refractivity contribution in [2.75, 3.05) is 33.4 Å². The number of rotatable bonds is 5. The van der Waals surface area contributed by atoms with Crippen LogP contribution in [-0.4, -0.2) is 56.9 Å². The maximum absolute atomic E-state index is 12.8. The summed E-state index contributed by atoms with van der Waals surface area (Å²) in [5, 5.41) is 0.584. The Morgan fingerprint density at radius 1 is 1.15 bits per heavy atom. The number of halogens is 1. The summed E-state index contributed by atoms with van der Waals surface area (Å²) in [5.74, 6) is -0.269. The van der Waals surface area contributed by atoms with E-state index in [0.29, 0.717) is 43.4 Å². The van der Waals surface area contributed by atoms with E-state index in [2.05, 4.69) is 0 Å². The molecule has 0 N–H and O–H groups in total. The largest absolute Gasteiger partial charge is 0.379 e. The van der Waals surface area contributed by atoms with E-state index in [1.165, 1.54) is 21.3 Å². The number of hydrogen-bond donors (Lipinski definition) is 0. The molecule has 0 radical (unpaired) electrons. The lowest BCUT2D eigenvalue weighted by Crippen LogP contribution is -2.40. The summed E-state index contributed by atoms with van der Waals surface area (Å²) in [6.07, 6.45) is 0. The average molecular weight is 409 g/mol. The van der Waals surface area contributed by atoms with Gasteiger partial charge in [-0.2, -0.15) is 4.31 Å². The van der Waals surface area contributed by atoms with Crippen LogP contribution >= 0.6 is 11.6 Å². The molecule has 0 atom stereocenters. The first-order chi connectivity index (χ1) is 12.9. The Bertz CT molecular complexity index is 927. The number of nitrogens with zero attached hydrogens (tertiary/aromatic N) is 2. The van der Waals surface area contributed by atoms with Gasteiger partial charge in [0.05, 0.1) is 18.1 Å². The Morgan fingerprint density at radius 3 is 2.56 bits per heavy atom. The van der Waals surface area contributed by atoms with Crippen molar-refractivity contribution in [3.63, 3.8) is 0 Å². The van der Waals surface area contributed by atoms with Gasteiger partial charge in [-0.3, -0.25) is 4.79 Å². The van der Waals surface area contributed by atoms with Crippen LogP contribution < -0.4 is 0 Å². The second-order valence-electron chi connectivity index (χ2n) is 6.30. The summed E-state index contributed by atoms with van der Waals surface area (Å²) >= 11 is 6.16. The van der Waals surface area contributed by atoms with Crippen molar-refractivity contribution in [3.8, 4) is 0 Å². The Hall–Kier alpha value is -1.93. The van der Waals surface area contributed by atoms with Crippen molar-refractivity contribution in [1.29, 1.82) is 0 Å². The van der Waals surface area contributed by atoms with Gasteiger partial charge in [0, 0.05) is 37.3 Å². The number of hydrogen-bond acceptors (Lipinski definition) is 4. The van der Waals surface area contributed by atoms with Crippen molar-refractivity contribution in [2.24, 2.45) is 0 Å². The minimum atomic E-state index is -3.65. The standard InChI is InChI=1S/C19H21ClN2O4S/c1-21(14-16-5-2-3-8-18(16)20)19(23)15-6-4-7-17(13-15)27(24,25)22-9-11-26-12-10-22/h2-8,13H,9-12,14H2,1H3. The normalized spacial score (nSPS) is 15.5. The third-order valence-electron chi connectivity index (χ3n) is 4.40. The van der Waals surface area contributed by atoms with E-state index in [-0.39, 0.29) is 10.8 Å². The first-order valence-corrected chi connectivity index (χ1v) is 10.4. The Balaban J connectivity index is 1.80. The fourth-order valence-electron chi connectivity index (χ4n) is 2.90. The van der Waals surface area contributed by atoms with Crippen LogP contribution in [0.4, 0.5) is 0 Å². The van der Waals surface area contributed by atoms with Crippen LogP contribution in [0, 0.1) is 0 Å². The van der Waals surface area contributed by atoms with Gasteiger partial charge in [0.2, 0.25) is 10.0 Å². The predicted molar refractivity (Wildman–Crippen MR) is 103 cm³/mol. The van der Waals surface area contributed by atoms with Crippen molar-refractivity contribution >= 4 is 27.5 Å². The summed E-state index contributed by atoms with van der Waals surface area (Å²) in [5.41, 5.74) is 1.14. The molecule has 1 saturated heterocycles. The maximum Gasteiger partial charge on any atom is 0.253 e. The van der Waals surface area contributed by atoms with Crippen molar-refractivity contribution < 1.29 is 17.9 Å². The van der Waals surface area contributed by atoms with Gasteiger partial charge in [0.25, 0.3) is 5.91 Å². The fourth-order valence-corrected chi connectivity index (χ4v) is 4.55. The Kier molecular flexibility index (Phi) is 6.16. The lowest BCUT2D eigenvalue weighted by atomic mass is 10.1. The van der Waals surface area contributed by atoms with E-state index in [4.69, 9.17) is 16.3 Å². The molecule has 1 amide bonds. The molecule has 27 heavy (non-hydrogen) atoms. The van der Waals surface area contributed by atoms with Crippen LogP contribution in [-0.2, 0) is 21.3 Å². The molecule has 0 spiro atoms. The highest BCUT2D eigenvalue weighted by molar-refractivity contribution is 7.89. The number of amides is 1. The van der Waals surface area contributed by atoms with Crippen LogP contribution in [0.25, 0.3) is 0 Å². The third-order valence-corrected chi connectivity index (χ3v) is 6.66. The number of carbonyl (C=O) groups excluding carboxylic acids is 1. The minimum Gasteiger partial charge on any atom is -0.379 e. The minimum absolute atomic E-state index is 0.112. The molecule has 0 aliphatic carbocycles. The van der Waals surface area contributed by atoms with Gasteiger partial charge in [0.15, 0.2) is 0 Å². The van der Waals surface area contributed by atoms with Crippen LogP contribution in [0.15, 0.2) is 53.4 Å². The van der Waals surface area contributed by atoms with Gasteiger partial charge in [-0.1, -0.05) is 35.9 Å². The molecule has 1 fully saturated rings. The average Bonchev–Trinajstić information content (AvgIpc) is 2.70. The highest BCUT2D eigenvalue weighted by Gasteiger charge is 2.27. The first-order valence-electron chi connectivity index (χ1n) is 8.56. The number of benzene rings is 2. The van der Waals surface area contributed by atoms with Crippen LogP contribution in [0.5, 0.6) is 0 Å². The fraction of sp³-hybridized carbons (Fsp3) is 0.316. The highest BCUT2D eigenvalue weighted by Crippen LogP contribution is 2.21. The van der Waals surface area contributed by atoms with Gasteiger partial charge < -0.3 is 9.64 Å². The summed E-state index contributed by atoms with van der Waals surface area (Å²) < 4.78 is 32.2. The van der Waals surface area contributed by atoms with E-state index in [1.54, 1.807) is 25.2 Å². The molecule has 0 saturated carbocycles. The molecule has 0 aromatic heterocycles. The van der Waals surface area contributed by atoms with Gasteiger partial charge in [-0.15, -0.1) is 0 Å². The van der Waals surface area contributed by atoms with Crippen LogP contribution in [0.3, 0.4) is 0 Å². The van der Waals surface area contributed by atoms with E-state index in [1.807, 2.05) is 18.2 Å². The molecule has 2 aromatic carbocycles.